The van der Waals surface area contributed by atoms with Gasteiger partial charge in [0.1, 0.15) is 18.1 Å². The van der Waals surface area contributed by atoms with Gasteiger partial charge in [0.25, 0.3) is 5.91 Å². The van der Waals surface area contributed by atoms with Crippen molar-refractivity contribution in [3.05, 3.63) is 53.6 Å². The first kappa shape index (κ1) is 15.0. The lowest BCUT2D eigenvalue weighted by Crippen LogP contribution is -2.31. The van der Waals surface area contributed by atoms with Gasteiger partial charge in [0.15, 0.2) is 0 Å². The van der Waals surface area contributed by atoms with Crippen molar-refractivity contribution < 1.29 is 9.53 Å². The van der Waals surface area contributed by atoms with Gasteiger partial charge < -0.3 is 9.64 Å². The lowest BCUT2D eigenvalue weighted by atomic mass is 10.2. The van der Waals surface area contributed by atoms with E-state index in [1.807, 2.05) is 38.1 Å². The highest BCUT2D eigenvalue weighted by molar-refractivity contribution is 5.91. The molecule has 0 aliphatic rings. The molecule has 2 rings (SSSR count). The van der Waals surface area contributed by atoms with E-state index in [0.29, 0.717) is 18.8 Å². The Balaban J connectivity index is 1.85. The van der Waals surface area contributed by atoms with E-state index in [4.69, 9.17) is 4.74 Å². The fourth-order valence-electron chi connectivity index (χ4n) is 1.81. The van der Waals surface area contributed by atoms with E-state index in [1.54, 1.807) is 18.1 Å². The van der Waals surface area contributed by atoms with E-state index in [0.717, 1.165) is 17.0 Å². The number of benzene rings is 1. The molecule has 1 amide bonds. The van der Waals surface area contributed by atoms with Crippen LogP contribution in [0.25, 0.3) is 0 Å². The number of aromatic nitrogens is 2. The summed E-state index contributed by atoms with van der Waals surface area (Å²) < 4.78 is 5.63. The van der Waals surface area contributed by atoms with E-state index in [9.17, 15) is 4.79 Å². The predicted octanol–water partition coefficient (Wildman–Crippen LogP) is 2.24. The summed E-state index contributed by atoms with van der Waals surface area (Å²) in [6.07, 6.45) is 3.08. The van der Waals surface area contributed by atoms with Crippen molar-refractivity contribution in [2.24, 2.45) is 0 Å². The average molecular weight is 285 g/mol. The highest BCUT2D eigenvalue weighted by Crippen LogP contribution is 2.12. The van der Waals surface area contributed by atoms with Crippen molar-refractivity contribution in [3.8, 4) is 5.75 Å². The second-order valence-corrected chi connectivity index (χ2v) is 4.93. The zero-order valence-electron chi connectivity index (χ0n) is 12.5. The number of rotatable bonds is 5. The summed E-state index contributed by atoms with van der Waals surface area (Å²) in [5.74, 6) is 0.654. The Labute approximate surface area is 124 Å². The van der Waals surface area contributed by atoms with Gasteiger partial charge in [-0.25, -0.2) is 4.98 Å². The van der Waals surface area contributed by atoms with Gasteiger partial charge in [-0.05, 0) is 31.5 Å². The SMILES string of the molecule is Cc1cccc(OCCN(C)C(=O)c2cnc(C)cn2)c1. The van der Waals surface area contributed by atoms with Crippen LogP contribution in [0, 0.1) is 13.8 Å². The van der Waals surface area contributed by atoms with E-state index >= 15 is 0 Å². The summed E-state index contributed by atoms with van der Waals surface area (Å²) in [5.41, 5.74) is 2.28. The first-order valence-corrected chi connectivity index (χ1v) is 6.80. The third-order valence-electron chi connectivity index (χ3n) is 3.03. The Morgan fingerprint density at radius 1 is 1.24 bits per heavy atom. The molecule has 0 bridgehead atoms. The molecule has 5 heteroatoms. The zero-order chi connectivity index (χ0) is 15.2. The Morgan fingerprint density at radius 3 is 2.71 bits per heavy atom. The summed E-state index contributed by atoms with van der Waals surface area (Å²) in [5, 5.41) is 0. The van der Waals surface area contributed by atoms with Crippen LogP contribution in [-0.4, -0.2) is 41.0 Å². The lowest BCUT2D eigenvalue weighted by molar-refractivity contribution is 0.0767. The minimum atomic E-state index is -0.157. The Bertz CT molecular complexity index is 611. The Hall–Kier alpha value is -2.43. The topological polar surface area (TPSA) is 55.3 Å². The number of aryl methyl sites for hydroxylation is 2. The number of carbonyl (C=O) groups is 1. The molecule has 0 N–H and O–H groups in total. The third-order valence-corrected chi connectivity index (χ3v) is 3.03. The van der Waals surface area contributed by atoms with Crippen LogP contribution in [0.1, 0.15) is 21.7 Å². The van der Waals surface area contributed by atoms with Crippen molar-refractivity contribution in [2.45, 2.75) is 13.8 Å². The molecular weight excluding hydrogens is 266 g/mol. The van der Waals surface area contributed by atoms with Gasteiger partial charge in [0, 0.05) is 13.2 Å². The summed E-state index contributed by atoms with van der Waals surface area (Å²) in [4.78, 5) is 21.9. The highest BCUT2D eigenvalue weighted by Gasteiger charge is 2.13. The second-order valence-electron chi connectivity index (χ2n) is 4.93. The fraction of sp³-hybridized carbons (Fsp3) is 0.312. The second kappa shape index (κ2) is 6.83. The number of hydrogen-bond donors (Lipinski definition) is 0. The van der Waals surface area contributed by atoms with Gasteiger partial charge in [0.2, 0.25) is 0 Å². The number of carbonyl (C=O) groups excluding carboxylic acids is 1. The molecule has 0 aliphatic heterocycles. The summed E-state index contributed by atoms with van der Waals surface area (Å²) in [7, 11) is 1.73. The van der Waals surface area contributed by atoms with Crippen LogP contribution in [-0.2, 0) is 0 Å². The van der Waals surface area contributed by atoms with Gasteiger partial charge in [-0.15, -0.1) is 0 Å². The maximum absolute atomic E-state index is 12.1. The maximum Gasteiger partial charge on any atom is 0.273 e. The van der Waals surface area contributed by atoms with E-state index < -0.39 is 0 Å². The summed E-state index contributed by atoms with van der Waals surface area (Å²) in [6.45, 7) is 4.77. The minimum absolute atomic E-state index is 0.157. The van der Waals surface area contributed by atoms with Crippen LogP contribution in [0.2, 0.25) is 0 Å². The van der Waals surface area contributed by atoms with Crippen molar-refractivity contribution >= 4 is 5.91 Å². The maximum atomic E-state index is 12.1. The number of likely N-dealkylation sites (N-methyl/N-ethyl adjacent to an activating group) is 1. The van der Waals surface area contributed by atoms with Gasteiger partial charge in [-0.1, -0.05) is 12.1 Å². The van der Waals surface area contributed by atoms with Crippen LogP contribution in [0.5, 0.6) is 5.75 Å². The largest absolute Gasteiger partial charge is 0.492 e. The predicted molar refractivity (Wildman–Crippen MR) is 80.4 cm³/mol. The van der Waals surface area contributed by atoms with E-state index in [1.165, 1.54) is 6.20 Å². The Morgan fingerprint density at radius 2 is 2.05 bits per heavy atom. The molecule has 5 nitrogen and oxygen atoms in total. The summed E-state index contributed by atoms with van der Waals surface area (Å²) >= 11 is 0. The van der Waals surface area contributed by atoms with Gasteiger partial charge in [-0.2, -0.15) is 0 Å². The van der Waals surface area contributed by atoms with Gasteiger partial charge >= 0.3 is 0 Å². The van der Waals surface area contributed by atoms with Gasteiger partial charge in [0.05, 0.1) is 18.4 Å². The average Bonchev–Trinajstić information content (AvgIpc) is 2.47. The number of ether oxygens (including phenoxy) is 1. The molecule has 1 heterocycles. The van der Waals surface area contributed by atoms with E-state index in [2.05, 4.69) is 9.97 Å². The fourth-order valence-corrected chi connectivity index (χ4v) is 1.81. The first-order valence-electron chi connectivity index (χ1n) is 6.80. The number of hydrogen-bond acceptors (Lipinski definition) is 4. The summed E-state index contributed by atoms with van der Waals surface area (Å²) in [6, 6.07) is 7.83. The molecule has 0 atom stereocenters. The molecule has 0 saturated carbocycles. The lowest BCUT2D eigenvalue weighted by Gasteiger charge is -2.17. The minimum Gasteiger partial charge on any atom is -0.492 e. The normalized spacial score (nSPS) is 10.2. The molecule has 1 aromatic carbocycles. The van der Waals surface area contributed by atoms with Crippen LogP contribution in [0.4, 0.5) is 0 Å². The molecule has 0 spiro atoms. The Kier molecular flexibility index (Phi) is 4.87. The first-order chi connectivity index (χ1) is 10.1. The molecule has 0 fully saturated rings. The molecule has 0 aliphatic carbocycles. The molecule has 0 unspecified atom stereocenters. The van der Waals surface area contributed by atoms with Crippen LogP contribution in [0.3, 0.4) is 0 Å². The van der Waals surface area contributed by atoms with E-state index in [-0.39, 0.29) is 5.91 Å². The molecule has 21 heavy (non-hydrogen) atoms. The van der Waals surface area contributed by atoms with Crippen molar-refractivity contribution in [1.82, 2.24) is 14.9 Å². The number of nitrogens with zero attached hydrogens (tertiary/aromatic N) is 3. The van der Waals surface area contributed by atoms with Crippen LogP contribution in [0.15, 0.2) is 36.7 Å². The van der Waals surface area contributed by atoms with Crippen LogP contribution < -0.4 is 4.74 Å². The number of amides is 1. The molecule has 0 saturated heterocycles. The monoisotopic (exact) mass is 285 g/mol. The molecule has 0 radical (unpaired) electrons. The van der Waals surface area contributed by atoms with Gasteiger partial charge in [-0.3, -0.25) is 9.78 Å². The van der Waals surface area contributed by atoms with Crippen molar-refractivity contribution in [3.63, 3.8) is 0 Å². The third kappa shape index (κ3) is 4.27. The van der Waals surface area contributed by atoms with Crippen molar-refractivity contribution in [1.29, 1.82) is 0 Å². The van der Waals surface area contributed by atoms with Crippen LogP contribution >= 0.6 is 0 Å². The standard InChI is InChI=1S/C16H19N3O2/c1-12-5-4-6-14(9-12)21-8-7-19(3)16(20)15-11-17-13(2)10-18-15/h4-6,9-11H,7-8H2,1-3H3. The molecular formula is C16H19N3O2. The molecule has 2 aromatic rings. The molecule has 110 valence electrons. The zero-order valence-corrected chi connectivity index (χ0v) is 12.5. The highest BCUT2D eigenvalue weighted by atomic mass is 16.5. The van der Waals surface area contributed by atoms with Crippen molar-refractivity contribution in [2.75, 3.05) is 20.2 Å². The molecule has 1 aromatic heterocycles. The quantitative estimate of drug-likeness (QED) is 0.845. The smallest absolute Gasteiger partial charge is 0.273 e.